The van der Waals surface area contributed by atoms with E-state index in [2.05, 4.69) is 4.98 Å². The van der Waals surface area contributed by atoms with Gasteiger partial charge in [0.2, 0.25) is 5.89 Å². The van der Waals surface area contributed by atoms with Crippen LogP contribution in [0.25, 0.3) is 22.6 Å². The minimum absolute atomic E-state index is 0.0900. The Kier molecular flexibility index (Phi) is 3.83. The summed E-state index contributed by atoms with van der Waals surface area (Å²) in [6.07, 6.45) is 0. The topological polar surface area (TPSA) is 75.4 Å². The highest BCUT2D eigenvalue weighted by molar-refractivity contribution is 5.96. The molecule has 3 rings (SSSR count). The van der Waals surface area contributed by atoms with Crippen LogP contribution in [-0.2, 0) is 0 Å². The largest absolute Gasteiger partial charge is 0.436 e. The Hall–Kier alpha value is -2.73. The van der Waals surface area contributed by atoms with Crippen molar-refractivity contribution in [1.82, 2.24) is 10.5 Å². The molecule has 0 saturated heterocycles. The van der Waals surface area contributed by atoms with E-state index in [0.29, 0.717) is 22.2 Å². The first-order valence-electron chi connectivity index (χ1n) is 7.14. The third kappa shape index (κ3) is 2.80. The number of hydrogen-bond acceptors (Lipinski definition) is 4. The van der Waals surface area contributed by atoms with Crippen molar-refractivity contribution in [2.24, 2.45) is 0 Å². The van der Waals surface area contributed by atoms with Gasteiger partial charge in [0.05, 0.1) is 0 Å². The van der Waals surface area contributed by atoms with Crippen LogP contribution in [0.5, 0.6) is 0 Å². The van der Waals surface area contributed by atoms with Crippen LogP contribution in [0, 0.1) is 5.82 Å². The molecule has 6 heteroatoms. The summed E-state index contributed by atoms with van der Waals surface area (Å²) in [7, 11) is 0. The lowest BCUT2D eigenvalue weighted by atomic mass is 10.0. The quantitative estimate of drug-likeness (QED) is 0.568. The summed E-state index contributed by atoms with van der Waals surface area (Å²) < 4.78 is 19.7. The fourth-order valence-corrected chi connectivity index (χ4v) is 2.39. The summed E-state index contributed by atoms with van der Waals surface area (Å²) in [5.41, 5.74) is 3.90. The minimum atomic E-state index is -0.635. The molecule has 0 unspecified atom stereocenters. The van der Waals surface area contributed by atoms with Crippen molar-refractivity contribution < 1.29 is 18.8 Å². The van der Waals surface area contributed by atoms with Gasteiger partial charge in [-0.1, -0.05) is 19.9 Å². The van der Waals surface area contributed by atoms with Crippen molar-refractivity contribution >= 4 is 17.0 Å². The molecular formula is C17H15FN2O3. The van der Waals surface area contributed by atoms with E-state index in [0.717, 1.165) is 0 Å². The zero-order chi connectivity index (χ0) is 16.6. The van der Waals surface area contributed by atoms with E-state index in [1.54, 1.807) is 23.7 Å². The number of halogens is 1. The Morgan fingerprint density at radius 1 is 1.26 bits per heavy atom. The number of carbonyl (C=O) groups excluding carboxylic acids is 1. The number of hydrogen-bond donors (Lipinski definition) is 2. The van der Waals surface area contributed by atoms with Crippen LogP contribution in [0.1, 0.15) is 35.7 Å². The van der Waals surface area contributed by atoms with Gasteiger partial charge < -0.3 is 4.42 Å². The number of benzene rings is 2. The number of amides is 1. The van der Waals surface area contributed by atoms with Crippen molar-refractivity contribution in [3.05, 3.63) is 53.3 Å². The molecule has 3 aromatic rings. The molecule has 1 amide bonds. The van der Waals surface area contributed by atoms with Gasteiger partial charge in [-0.05, 0) is 41.8 Å². The maximum absolute atomic E-state index is 14.1. The molecule has 0 radical (unpaired) electrons. The molecular weight excluding hydrogens is 299 g/mol. The molecule has 0 aliphatic heterocycles. The van der Waals surface area contributed by atoms with Crippen molar-refractivity contribution in [3.8, 4) is 11.5 Å². The number of carbonyl (C=O) groups is 1. The molecule has 0 aliphatic rings. The van der Waals surface area contributed by atoms with E-state index in [4.69, 9.17) is 9.62 Å². The van der Waals surface area contributed by atoms with Gasteiger partial charge in [0.25, 0.3) is 5.91 Å². The molecule has 2 N–H and O–H groups in total. The van der Waals surface area contributed by atoms with Crippen LogP contribution in [-0.4, -0.2) is 16.1 Å². The van der Waals surface area contributed by atoms with E-state index in [-0.39, 0.29) is 23.2 Å². The van der Waals surface area contributed by atoms with Crippen LogP contribution >= 0.6 is 0 Å². The molecule has 0 aliphatic carbocycles. The van der Waals surface area contributed by atoms with Crippen LogP contribution in [0.2, 0.25) is 0 Å². The van der Waals surface area contributed by atoms with Gasteiger partial charge in [-0.2, -0.15) is 0 Å². The number of fused-ring (bicyclic) bond motifs is 1. The Morgan fingerprint density at radius 2 is 2.04 bits per heavy atom. The summed E-state index contributed by atoms with van der Waals surface area (Å²) >= 11 is 0. The van der Waals surface area contributed by atoms with E-state index in [9.17, 15) is 9.18 Å². The molecule has 118 valence electrons. The lowest BCUT2D eigenvalue weighted by Gasteiger charge is -2.07. The molecule has 1 heterocycles. The maximum Gasteiger partial charge on any atom is 0.274 e. The lowest BCUT2D eigenvalue weighted by molar-refractivity contribution is 0.0706. The van der Waals surface area contributed by atoms with Crippen molar-refractivity contribution in [2.45, 2.75) is 19.8 Å². The summed E-state index contributed by atoms with van der Waals surface area (Å²) in [5, 5.41) is 8.66. The minimum Gasteiger partial charge on any atom is -0.436 e. The van der Waals surface area contributed by atoms with E-state index in [1.807, 2.05) is 13.8 Å². The Morgan fingerprint density at radius 3 is 2.70 bits per heavy atom. The summed E-state index contributed by atoms with van der Waals surface area (Å²) in [4.78, 5) is 15.7. The molecule has 0 saturated carbocycles. The van der Waals surface area contributed by atoms with Gasteiger partial charge in [0.1, 0.15) is 11.3 Å². The van der Waals surface area contributed by atoms with E-state index in [1.165, 1.54) is 18.2 Å². The average Bonchev–Trinajstić information content (AvgIpc) is 2.96. The second-order valence-electron chi connectivity index (χ2n) is 5.53. The van der Waals surface area contributed by atoms with Crippen molar-refractivity contribution in [3.63, 3.8) is 0 Å². The monoisotopic (exact) mass is 314 g/mol. The average molecular weight is 314 g/mol. The first kappa shape index (κ1) is 15.2. The van der Waals surface area contributed by atoms with Gasteiger partial charge in [0.15, 0.2) is 5.58 Å². The first-order valence-corrected chi connectivity index (χ1v) is 7.14. The van der Waals surface area contributed by atoms with Crippen LogP contribution in [0.15, 0.2) is 40.8 Å². The Labute approximate surface area is 131 Å². The second-order valence-corrected chi connectivity index (χ2v) is 5.53. The highest BCUT2D eigenvalue weighted by atomic mass is 19.1. The van der Waals surface area contributed by atoms with Gasteiger partial charge in [-0.25, -0.2) is 14.9 Å². The standard InChI is InChI=1S/C17H15FN2O3/c1-9(2)12-5-3-11(7-13(12)18)17-19-14-8-10(16(21)20-22)4-6-15(14)23-17/h3-9,22H,1-2H3,(H,20,21). The molecule has 2 aromatic carbocycles. The zero-order valence-electron chi connectivity index (χ0n) is 12.6. The lowest BCUT2D eigenvalue weighted by Crippen LogP contribution is -2.18. The van der Waals surface area contributed by atoms with Gasteiger partial charge in [0, 0.05) is 11.1 Å². The molecule has 0 spiro atoms. The second kappa shape index (κ2) is 5.81. The Bertz CT molecular complexity index is 887. The van der Waals surface area contributed by atoms with Gasteiger partial charge >= 0.3 is 0 Å². The summed E-state index contributed by atoms with van der Waals surface area (Å²) in [6, 6.07) is 9.44. The summed E-state index contributed by atoms with van der Waals surface area (Å²) in [6.45, 7) is 3.84. The smallest absolute Gasteiger partial charge is 0.274 e. The summed E-state index contributed by atoms with van der Waals surface area (Å²) in [5.74, 6) is -0.577. The molecule has 1 aromatic heterocycles. The van der Waals surface area contributed by atoms with E-state index < -0.39 is 5.91 Å². The molecule has 0 atom stereocenters. The maximum atomic E-state index is 14.1. The first-order chi connectivity index (χ1) is 11.0. The Balaban J connectivity index is 2.03. The van der Waals surface area contributed by atoms with Gasteiger partial charge in [-0.15, -0.1) is 0 Å². The fraction of sp³-hybridized carbons (Fsp3) is 0.176. The molecule has 5 nitrogen and oxygen atoms in total. The zero-order valence-corrected chi connectivity index (χ0v) is 12.6. The SMILES string of the molecule is CC(C)c1ccc(-c2nc3cc(C(=O)NO)ccc3o2)cc1F. The van der Waals surface area contributed by atoms with Crippen LogP contribution in [0.4, 0.5) is 4.39 Å². The van der Waals surface area contributed by atoms with Gasteiger partial charge in [-0.3, -0.25) is 10.0 Å². The van der Waals surface area contributed by atoms with Crippen molar-refractivity contribution in [1.29, 1.82) is 0 Å². The predicted octanol–water partition coefficient (Wildman–Crippen LogP) is 3.88. The van der Waals surface area contributed by atoms with E-state index >= 15 is 0 Å². The third-order valence-electron chi connectivity index (χ3n) is 3.62. The number of oxazole rings is 1. The molecule has 0 bridgehead atoms. The van der Waals surface area contributed by atoms with Crippen LogP contribution < -0.4 is 5.48 Å². The van der Waals surface area contributed by atoms with Crippen LogP contribution in [0.3, 0.4) is 0 Å². The number of nitrogens with one attached hydrogen (secondary N) is 1. The third-order valence-corrected chi connectivity index (χ3v) is 3.62. The molecule has 0 fully saturated rings. The highest BCUT2D eigenvalue weighted by Crippen LogP contribution is 2.28. The highest BCUT2D eigenvalue weighted by Gasteiger charge is 2.14. The number of nitrogens with zero attached hydrogens (tertiary/aromatic N) is 1. The fourth-order valence-electron chi connectivity index (χ4n) is 2.39. The molecule has 23 heavy (non-hydrogen) atoms. The number of rotatable bonds is 3. The number of hydroxylamine groups is 1. The predicted molar refractivity (Wildman–Crippen MR) is 82.7 cm³/mol. The normalized spacial score (nSPS) is 11.2. The van der Waals surface area contributed by atoms with Crippen molar-refractivity contribution in [2.75, 3.05) is 0 Å². The number of aromatic nitrogens is 1.